The van der Waals surface area contributed by atoms with Crippen LogP contribution in [-0.4, -0.2) is 72.7 Å². The number of aliphatic hydroxyl groups is 2. The Kier molecular flexibility index (Phi) is 8.29. The van der Waals surface area contributed by atoms with Gasteiger partial charge in [-0.2, -0.15) is 4.31 Å². The molecular formula is C12H17ClN2O13P2. The molecule has 170 valence electrons. The van der Waals surface area contributed by atoms with Gasteiger partial charge in [-0.25, -0.2) is 13.9 Å². The molecule has 2 heterocycles. The number of halogens is 1. The maximum atomic E-state index is 11.8. The molecule has 5 N–H and O–H groups in total. The highest BCUT2D eigenvalue weighted by atomic mass is 35.5. The van der Waals surface area contributed by atoms with Gasteiger partial charge in [0, 0.05) is 12.3 Å². The zero-order valence-electron chi connectivity index (χ0n) is 14.8. The summed E-state index contributed by atoms with van der Waals surface area (Å²) in [5.41, 5.74) is -1.67. The Labute approximate surface area is 172 Å². The van der Waals surface area contributed by atoms with Gasteiger partial charge in [0.1, 0.15) is 24.9 Å². The average Bonchev–Trinajstić information content (AvgIpc) is 2.92. The van der Waals surface area contributed by atoms with Gasteiger partial charge in [0.2, 0.25) is 0 Å². The van der Waals surface area contributed by atoms with Gasteiger partial charge in [-0.05, 0) is 0 Å². The van der Waals surface area contributed by atoms with E-state index in [1.54, 1.807) is 0 Å². The number of nitrogens with one attached hydrogen (secondary N) is 1. The fourth-order valence-electron chi connectivity index (χ4n) is 2.26. The second-order valence-electron chi connectivity index (χ2n) is 5.82. The average molecular weight is 495 g/mol. The van der Waals surface area contributed by atoms with E-state index in [0.29, 0.717) is 0 Å². The summed E-state index contributed by atoms with van der Waals surface area (Å²) in [4.78, 5) is 54.6. The molecule has 1 aromatic rings. The van der Waals surface area contributed by atoms with Crippen molar-refractivity contribution in [3.63, 3.8) is 0 Å². The number of ketones is 1. The normalized spacial score (nSPS) is 28.0. The number of aliphatic hydroxyl groups excluding tert-OH is 2. The molecule has 1 aliphatic rings. The fraction of sp³-hybridized carbons (Fsp3) is 0.583. The van der Waals surface area contributed by atoms with Gasteiger partial charge in [0.15, 0.2) is 12.0 Å². The molecule has 0 amide bonds. The summed E-state index contributed by atoms with van der Waals surface area (Å²) in [6.07, 6.45) is -5.38. The molecule has 0 aliphatic carbocycles. The molecule has 15 nitrogen and oxygen atoms in total. The lowest BCUT2D eigenvalue weighted by molar-refractivity contribution is -0.119. The first kappa shape index (κ1) is 25.0. The third-order valence-corrected chi connectivity index (χ3v) is 6.49. The molecule has 0 bridgehead atoms. The summed E-state index contributed by atoms with van der Waals surface area (Å²) in [5.74, 6) is -1.34. The summed E-state index contributed by atoms with van der Waals surface area (Å²) in [5, 5.41) is 20.0. The van der Waals surface area contributed by atoms with Gasteiger partial charge in [-0.15, -0.1) is 11.6 Å². The Morgan fingerprint density at radius 1 is 1.20 bits per heavy atom. The fourth-order valence-corrected chi connectivity index (χ4v) is 4.40. The van der Waals surface area contributed by atoms with Crippen LogP contribution in [0.15, 0.2) is 21.9 Å². The highest BCUT2D eigenvalue weighted by Crippen LogP contribution is 2.60. The van der Waals surface area contributed by atoms with Crippen molar-refractivity contribution in [2.45, 2.75) is 24.5 Å². The number of hydrogen-bond acceptors (Lipinski definition) is 11. The van der Waals surface area contributed by atoms with Crippen molar-refractivity contribution in [2.24, 2.45) is 0 Å². The van der Waals surface area contributed by atoms with Crippen molar-refractivity contribution < 1.29 is 52.0 Å². The van der Waals surface area contributed by atoms with E-state index < -0.39 is 76.3 Å². The van der Waals surface area contributed by atoms with Crippen LogP contribution in [-0.2, 0) is 32.0 Å². The monoisotopic (exact) mass is 494 g/mol. The van der Waals surface area contributed by atoms with Crippen LogP contribution in [0.1, 0.15) is 6.23 Å². The van der Waals surface area contributed by atoms with Gasteiger partial charge < -0.3 is 24.7 Å². The molecule has 1 aliphatic heterocycles. The van der Waals surface area contributed by atoms with Gasteiger partial charge >= 0.3 is 21.3 Å². The second-order valence-corrected chi connectivity index (χ2v) is 9.14. The van der Waals surface area contributed by atoms with Crippen LogP contribution in [0.5, 0.6) is 0 Å². The van der Waals surface area contributed by atoms with Crippen LogP contribution >= 0.6 is 27.2 Å². The number of phosphoric acid groups is 2. The molecule has 30 heavy (non-hydrogen) atoms. The van der Waals surface area contributed by atoms with Crippen LogP contribution in [0.25, 0.3) is 0 Å². The summed E-state index contributed by atoms with van der Waals surface area (Å²) < 4.78 is 42.0. The van der Waals surface area contributed by atoms with Crippen LogP contribution < -0.4 is 11.2 Å². The minimum absolute atomic E-state index is 0.536. The quantitative estimate of drug-likeness (QED) is 0.179. The highest BCUT2D eigenvalue weighted by molar-refractivity contribution is 7.61. The van der Waals surface area contributed by atoms with Crippen molar-refractivity contribution in [1.29, 1.82) is 0 Å². The zero-order valence-corrected chi connectivity index (χ0v) is 17.3. The van der Waals surface area contributed by atoms with Crippen molar-refractivity contribution in [2.75, 3.05) is 19.1 Å². The summed E-state index contributed by atoms with van der Waals surface area (Å²) in [6, 6.07) is 0.956. The van der Waals surface area contributed by atoms with Gasteiger partial charge in [-0.3, -0.25) is 28.2 Å². The number of rotatable bonds is 10. The van der Waals surface area contributed by atoms with E-state index in [-0.39, 0.29) is 0 Å². The third kappa shape index (κ3) is 6.64. The number of carbonyl (C=O) groups is 1. The minimum atomic E-state index is -5.26. The highest BCUT2D eigenvalue weighted by Gasteiger charge is 2.46. The molecule has 0 spiro atoms. The predicted octanol–water partition coefficient (Wildman–Crippen LogP) is -1.79. The van der Waals surface area contributed by atoms with E-state index >= 15 is 0 Å². The molecule has 2 rings (SSSR count). The smallest absolute Gasteiger partial charge is 0.387 e. The molecular weight excluding hydrogens is 478 g/mol. The van der Waals surface area contributed by atoms with Gasteiger partial charge in [0.05, 0.1) is 12.5 Å². The molecule has 0 saturated carbocycles. The van der Waals surface area contributed by atoms with Crippen LogP contribution in [0, 0.1) is 0 Å². The maximum Gasteiger partial charge on any atom is 0.481 e. The summed E-state index contributed by atoms with van der Waals surface area (Å²) >= 11 is 5.17. The van der Waals surface area contributed by atoms with Crippen molar-refractivity contribution in [1.82, 2.24) is 9.55 Å². The first-order chi connectivity index (χ1) is 13.8. The number of aromatic nitrogens is 2. The lowest BCUT2D eigenvalue weighted by atomic mass is 10.1. The van der Waals surface area contributed by atoms with E-state index in [2.05, 4.69) is 13.4 Å². The zero-order chi connectivity index (χ0) is 22.7. The molecule has 2 unspecified atom stereocenters. The maximum absolute atomic E-state index is 11.8. The topological polar surface area (TPSA) is 224 Å². The number of Topliss-reactive ketones (excluding diaryl/α,β-unsaturated/α-hetero) is 1. The van der Waals surface area contributed by atoms with E-state index in [0.717, 1.165) is 16.8 Å². The van der Waals surface area contributed by atoms with Crippen LogP contribution in [0.4, 0.5) is 0 Å². The third-order valence-electron chi connectivity index (χ3n) is 3.61. The van der Waals surface area contributed by atoms with Gasteiger partial charge in [-0.1, -0.05) is 0 Å². The van der Waals surface area contributed by atoms with Crippen molar-refractivity contribution in [3.8, 4) is 0 Å². The largest absolute Gasteiger partial charge is 0.481 e. The minimum Gasteiger partial charge on any atom is -0.387 e. The number of carbonyl (C=O) groups excluding carboxylic acids is 1. The molecule has 1 aromatic heterocycles. The van der Waals surface area contributed by atoms with E-state index in [9.17, 15) is 43.5 Å². The van der Waals surface area contributed by atoms with E-state index in [1.807, 2.05) is 4.98 Å². The lowest BCUT2D eigenvalue weighted by Crippen LogP contribution is -2.37. The number of hydrogen-bond donors (Lipinski definition) is 5. The Morgan fingerprint density at radius 2 is 1.83 bits per heavy atom. The van der Waals surface area contributed by atoms with E-state index in [1.165, 1.54) is 0 Å². The van der Waals surface area contributed by atoms with Crippen molar-refractivity contribution >= 4 is 33.0 Å². The second kappa shape index (κ2) is 9.94. The number of nitrogens with zero attached hydrogens (tertiary/aromatic N) is 1. The number of phosphoric ester groups is 2. The summed E-state index contributed by atoms with van der Waals surface area (Å²) in [6.45, 7) is -1.90. The molecule has 0 radical (unpaired) electrons. The Morgan fingerprint density at radius 3 is 2.43 bits per heavy atom. The predicted molar refractivity (Wildman–Crippen MR) is 95.6 cm³/mol. The molecule has 18 heteroatoms. The van der Waals surface area contributed by atoms with E-state index in [4.69, 9.17) is 16.3 Å². The number of ether oxygens (including phenoxy) is 1. The molecule has 1 saturated heterocycles. The Balaban J connectivity index is 2.00. The Bertz CT molecular complexity index is 979. The van der Waals surface area contributed by atoms with Crippen molar-refractivity contribution in [3.05, 3.63) is 33.1 Å². The first-order valence-electron chi connectivity index (χ1n) is 7.92. The molecule has 0 aromatic carbocycles. The standard InChI is InChI=1S/C12H17ClN2O13P2/c13-3-6(16)4-25-29(21,22)28-30(23,24)26-5-7-9(18)10(19)11(27-7)15-2-1-8(17)14-12(15)20/h1-2,7,9-11,18-19H,3-5H2,(H,21,22)(H,23,24)(H,14,17,20)/t7-,9-,10-,11-/m1/s1. The number of alkyl halides is 1. The lowest BCUT2D eigenvalue weighted by Gasteiger charge is -2.19. The van der Waals surface area contributed by atoms with Gasteiger partial charge in [0.25, 0.3) is 5.56 Å². The molecule has 1 fully saturated rings. The first-order valence-corrected chi connectivity index (χ1v) is 11.4. The Hall–Kier alpha value is -1.22. The summed E-state index contributed by atoms with van der Waals surface area (Å²) in [7, 11) is -10.5. The SMILES string of the molecule is O=C(CCl)COP(=O)(O)OP(=O)(O)OC[C@H]1O[C@@H](n2ccc(=O)[nH]c2=O)[C@H](O)[C@@H]1O. The number of aromatic amines is 1. The molecule has 6 atom stereocenters. The number of H-pyrrole nitrogens is 1. The van der Waals surface area contributed by atoms with Crippen LogP contribution in [0.3, 0.4) is 0 Å². The van der Waals surface area contributed by atoms with Crippen LogP contribution in [0.2, 0.25) is 0 Å².